The van der Waals surface area contributed by atoms with Crippen molar-refractivity contribution >= 4 is 5.78 Å². The van der Waals surface area contributed by atoms with Crippen LogP contribution >= 0.6 is 0 Å². The summed E-state index contributed by atoms with van der Waals surface area (Å²) in [5.41, 5.74) is 1.03. The third-order valence-electron chi connectivity index (χ3n) is 2.95. The van der Waals surface area contributed by atoms with E-state index in [-0.39, 0.29) is 5.78 Å². The normalized spacial score (nSPS) is 14.2. The van der Waals surface area contributed by atoms with Crippen LogP contribution in [0.4, 0.5) is 0 Å². The zero-order valence-corrected chi connectivity index (χ0v) is 10.7. The van der Waals surface area contributed by atoms with E-state index in [0.29, 0.717) is 23.2 Å². The lowest BCUT2D eigenvalue weighted by molar-refractivity contribution is 0.103. The average molecular weight is 254 g/mol. The Bertz CT molecular complexity index is 604. The van der Waals surface area contributed by atoms with Crippen molar-refractivity contribution in [2.45, 2.75) is 25.9 Å². The van der Waals surface area contributed by atoms with Gasteiger partial charge in [-0.05, 0) is 50.1 Å². The van der Waals surface area contributed by atoms with E-state index in [1.807, 2.05) is 12.1 Å². The molecule has 0 spiro atoms. The Morgan fingerprint density at radius 2 is 1.95 bits per heavy atom. The zero-order valence-electron chi connectivity index (χ0n) is 10.7. The van der Waals surface area contributed by atoms with Crippen molar-refractivity contribution in [2.75, 3.05) is 0 Å². The van der Waals surface area contributed by atoms with Gasteiger partial charge in [0.1, 0.15) is 17.3 Å². The van der Waals surface area contributed by atoms with Gasteiger partial charge in [0.05, 0.1) is 6.10 Å². The van der Waals surface area contributed by atoms with Crippen LogP contribution in [0.5, 0.6) is 5.75 Å². The van der Waals surface area contributed by atoms with Crippen LogP contribution in [0.2, 0.25) is 0 Å². The first kappa shape index (κ1) is 11.8. The van der Waals surface area contributed by atoms with Gasteiger partial charge in [0.25, 0.3) is 0 Å². The molecule has 1 saturated carbocycles. The molecule has 1 fully saturated rings. The number of nitrogens with zero attached hydrogens (tertiary/aromatic N) is 2. The summed E-state index contributed by atoms with van der Waals surface area (Å²) in [6.07, 6.45) is 4.22. The minimum absolute atomic E-state index is 0.0940. The second-order valence-electron chi connectivity index (χ2n) is 4.66. The van der Waals surface area contributed by atoms with Crippen LogP contribution in [0.3, 0.4) is 0 Å². The molecule has 4 heteroatoms. The quantitative estimate of drug-likeness (QED) is 0.787. The molecule has 4 nitrogen and oxygen atoms in total. The molecule has 0 amide bonds. The zero-order chi connectivity index (χ0) is 13.2. The van der Waals surface area contributed by atoms with Crippen LogP contribution in [0.15, 0.2) is 36.5 Å². The molecule has 19 heavy (non-hydrogen) atoms. The summed E-state index contributed by atoms with van der Waals surface area (Å²) in [5.74, 6) is 1.32. The molecule has 1 aromatic heterocycles. The monoisotopic (exact) mass is 254 g/mol. The van der Waals surface area contributed by atoms with E-state index in [9.17, 15) is 4.79 Å². The van der Waals surface area contributed by atoms with E-state index in [1.54, 1.807) is 31.3 Å². The van der Waals surface area contributed by atoms with Crippen LogP contribution < -0.4 is 4.74 Å². The first-order valence-corrected chi connectivity index (χ1v) is 6.33. The van der Waals surface area contributed by atoms with Crippen molar-refractivity contribution < 1.29 is 9.53 Å². The average Bonchev–Trinajstić information content (AvgIpc) is 3.23. The maximum atomic E-state index is 12.2. The Morgan fingerprint density at radius 1 is 1.21 bits per heavy atom. The smallest absolute Gasteiger partial charge is 0.211 e. The molecule has 1 heterocycles. The van der Waals surface area contributed by atoms with Crippen LogP contribution in [-0.4, -0.2) is 21.9 Å². The first-order valence-electron chi connectivity index (χ1n) is 6.33. The number of carbonyl (C=O) groups excluding carboxylic acids is 1. The van der Waals surface area contributed by atoms with Gasteiger partial charge >= 0.3 is 0 Å². The van der Waals surface area contributed by atoms with Gasteiger partial charge in [0.15, 0.2) is 0 Å². The van der Waals surface area contributed by atoms with Gasteiger partial charge in [-0.1, -0.05) is 0 Å². The predicted octanol–water partition coefficient (Wildman–Crippen LogP) is 2.56. The third-order valence-corrected chi connectivity index (χ3v) is 2.95. The number of carbonyl (C=O) groups is 1. The topological polar surface area (TPSA) is 52.1 Å². The standard InChI is InChI=1S/C15H14N2O2/c1-10-16-9-8-14(17-10)15(18)11-2-4-12(5-3-11)19-13-6-7-13/h2-5,8-9,13H,6-7H2,1H3. The molecule has 0 N–H and O–H groups in total. The molecule has 0 atom stereocenters. The van der Waals surface area contributed by atoms with Gasteiger partial charge in [-0.15, -0.1) is 0 Å². The molecule has 1 aliphatic rings. The minimum Gasteiger partial charge on any atom is -0.490 e. The minimum atomic E-state index is -0.0940. The number of hydrogen-bond donors (Lipinski definition) is 0. The molecular weight excluding hydrogens is 240 g/mol. The SMILES string of the molecule is Cc1nccc(C(=O)c2ccc(OC3CC3)cc2)n1. The summed E-state index contributed by atoms with van der Waals surface area (Å²) in [6.45, 7) is 1.77. The summed E-state index contributed by atoms with van der Waals surface area (Å²) in [7, 11) is 0. The first-order chi connectivity index (χ1) is 9.22. The lowest BCUT2D eigenvalue weighted by atomic mass is 10.1. The fourth-order valence-corrected chi connectivity index (χ4v) is 1.79. The third kappa shape index (κ3) is 2.78. The Kier molecular flexibility index (Phi) is 2.99. The number of benzene rings is 1. The van der Waals surface area contributed by atoms with Crippen molar-refractivity contribution in [3.05, 3.63) is 53.6 Å². The van der Waals surface area contributed by atoms with E-state index in [0.717, 1.165) is 18.6 Å². The van der Waals surface area contributed by atoms with Crippen LogP contribution in [-0.2, 0) is 0 Å². The highest BCUT2D eigenvalue weighted by molar-refractivity contribution is 6.07. The number of ether oxygens (including phenoxy) is 1. The molecule has 0 bridgehead atoms. The highest BCUT2D eigenvalue weighted by atomic mass is 16.5. The van der Waals surface area contributed by atoms with E-state index >= 15 is 0 Å². The molecule has 1 aliphatic carbocycles. The Morgan fingerprint density at radius 3 is 2.58 bits per heavy atom. The summed E-state index contributed by atoms with van der Waals surface area (Å²) < 4.78 is 5.65. The van der Waals surface area contributed by atoms with Gasteiger partial charge in [-0.2, -0.15) is 0 Å². The fourth-order valence-electron chi connectivity index (χ4n) is 1.79. The second-order valence-corrected chi connectivity index (χ2v) is 4.66. The molecule has 0 saturated heterocycles. The predicted molar refractivity (Wildman–Crippen MR) is 70.3 cm³/mol. The van der Waals surface area contributed by atoms with Crippen molar-refractivity contribution in [3.8, 4) is 5.75 Å². The summed E-state index contributed by atoms with van der Waals surface area (Å²) in [5, 5.41) is 0. The molecule has 0 unspecified atom stereocenters. The van der Waals surface area contributed by atoms with Crippen LogP contribution in [0, 0.1) is 6.92 Å². The van der Waals surface area contributed by atoms with Gasteiger partial charge in [-0.25, -0.2) is 9.97 Å². The highest BCUT2D eigenvalue weighted by Crippen LogP contribution is 2.26. The number of hydrogen-bond acceptors (Lipinski definition) is 4. The summed E-state index contributed by atoms with van der Waals surface area (Å²) >= 11 is 0. The Balaban J connectivity index is 1.79. The lowest BCUT2D eigenvalue weighted by Gasteiger charge is -2.05. The number of rotatable bonds is 4. The lowest BCUT2D eigenvalue weighted by Crippen LogP contribution is -2.06. The molecular formula is C15H14N2O2. The number of aromatic nitrogens is 2. The van der Waals surface area contributed by atoms with Crippen molar-refractivity contribution in [1.82, 2.24) is 9.97 Å². The largest absolute Gasteiger partial charge is 0.490 e. The van der Waals surface area contributed by atoms with Crippen molar-refractivity contribution in [2.24, 2.45) is 0 Å². The molecule has 2 aromatic rings. The molecule has 0 aliphatic heterocycles. The highest BCUT2D eigenvalue weighted by Gasteiger charge is 2.23. The van der Waals surface area contributed by atoms with E-state index in [1.165, 1.54) is 0 Å². The van der Waals surface area contributed by atoms with Crippen LogP contribution in [0.25, 0.3) is 0 Å². The van der Waals surface area contributed by atoms with Crippen molar-refractivity contribution in [3.63, 3.8) is 0 Å². The summed E-state index contributed by atoms with van der Waals surface area (Å²) in [6, 6.07) is 8.85. The van der Waals surface area contributed by atoms with E-state index in [2.05, 4.69) is 9.97 Å². The van der Waals surface area contributed by atoms with Gasteiger partial charge in [-0.3, -0.25) is 4.79 Å². The molecule has 96 valence electrons. The van der Waals surface area contributed by atoms with Gasteiger partial charge < -0.3 is 4.74 Å². The molecule has 0 radical (unpaired) electrons. The van der Waals surface area contributed by atoms with Crippen LogP contribution in [0.1, 0.15) is 34.7 Å². The second kappa shape index (κ2) is 4.80. The van der Waals surface area contributed by atoms with E-state index in [4.69, 9.17) is 4.74 Å². The maximum Gasteiger partial charge on any atom is 0.211 e. The summed E-state index contributed by atoms with van der Waals surface area (Å²) in [4.78, 5) is 20.3. The number of aryl methyl sites for hydroxylation is 1. The maximum absolute atomic E-state index is 12.2. The van der Waals surface area contributed by atoms with Gasteiger partial charge in [0.2, 0.25) is 5.78 Å². The fraction of sp³-hybridized carbons (Fsp3) is 0.267. The Labute approximate surface area is 111 Å². The van der Waals surface area contributed by atoms with E-state index < -0.39 is 0 Å². The van der Waals surface area contributed by atoms with Gasteiger partial charge in [0, 0.05) is 11.8 Å². The van der Waals surface area contributed by atoms with Crippen molar-refractivity contribution in [1.29, 1.82) is 0 Å². The molecule has 3 rings (SSSR count). The number of ketones is 1. The Hall–Kier alpha value is -2.23. The molecule has 1 aromatic carbocycles.